The molecule has 0 aliphatic heterocycles. The molecule has 0 aromatic heterocycles. The van der Waals surface area contributed by atoms with Gasteiger partial charge in [-0.2, -0.15) is 0 Å². The molecule has 4 aliphatic rings. The summed E-state index contributed by atoms with van der Waals surface area (Å²) in [4.78, 5) is 0. The van der Waals surface area contributed by atoms with Crippen molar-refractivity contribution >= 4 is 0 Å². The van der Waals surface area contributed by atoms with Crippen LogP contribution in [0.5, 0.6) is 0 Å². The number of ether oxygens (including phenoxy) is 1. The third-order valence-electron chi connectivity index (χ3n) is 5.69. The van der Waals surface area contributed by atoms with Gasteiger partial charge < -0.3 is 4.74 Å². The Kier molecular flexibility index (Phi) is 2.18. The van der Waals surface area contributed by atoms with Crippen molar-refractivity contribution in [2.75, 3.05) is 0 Å². The minimum absolute atomic E-state index is 0.00917. The molecule has 90 valence electrons. The standard InChI is InChI=1S/C15H24O/c1-4-16-14(2,3)15-8-11-5-12(9-15)7-13(6-11)10-15/h4,11-13H,1,5-10H2,2-3H3. The lowest BCUT2D eigenvalue weighted by atomic mass is 9.46. The van der Waals surface area contributed by atoms with Crippen LogP contribution in [0.4, 0.5) is 0 Å². The summed E-state index contributed by atoms with van der Waals surface area (Å²) < 4.78 is 5.88. The first-order chi connectivity index (χ1) is 7.55. The second kappa shape index (κ2) is 3.27. The molecule has 4 fully saturated rings. The van der Waals surface area contributed by atoms with E-state index in [4.69, 9.17) is 4.74 Å². The molecular formula is C15H24O. The van der Waals surface area contributed by atoms with E-state index in [0.29, 0.717) is 5.41 Å². The molecule has 0 heterocycles. The van der Waals surface area contributed by atoms with Crippen molar-refractivity contribution in [3.63, 3.8) is 0 Å². The zero-order valence-electron chi connectivity index (χ0n) is 10.7. The molecule has 4 aliphatic carbocycles. The van der Waals surface area contributed by atoms with Gasteiger partial charge in [-0.3, -0.25) is 0 Å². The lowest BCUT2D eigenvalue weighted by molar-refractivity contribution is -0.165. The van der Waals surface area contributed by atoms with E-state index in [0.717, 1.165) is 17.8 Å². The zero-order valence-corrected chi connectivity index (χ0v) is 10.7. The number of hydrogen-bond acceptors (Lipinski definition) is 1. The smallest absolute Gasteiger partial charge is 0.108 e. The van der Waals surface area contributed by atoms with Crippen LogP contribution in [0.2, 0.25) is 0 Å². The lowest BCUT2D eigenvalue weighted by Crippen LogP contribution is -2.56. The molecule has 0 aromatic rings. The lowest BCUT2D eigenvalue weighted by Gasteiger charge is -2.61. The Balaban J connectivity index is 1.90. The predicted molar refractivity (Wildman–Crippen MR) is 66.0 cm³/mol. The fourth-order valence-electron chi connectivity index (χ4n) is 5.18. The van der Waals surface area contributed by atoms with E-state index in [1.54, 1.807) is 6.26 Å². The Morgan fingerprint density at radius 3 is 1.88 bits per heavy atom. The zero-order chi connectivity index (χ0) is 11.4. The normalized spacial score (nSPS) is 45.8. The van der Waals surface area contributed by atoms with Gasteiger partial charge in [-0.15, -0.1) is 0 Å². The molecule has 0 N–H and O–H groups in total. The van der Waals surface area contributed by atoms with E-state index >= 15 is 0 Å². The molecule has 0 radical (unpaired) electrons. The highest BCUT2D eigenvalue weighted by atomic mass is 16.5. The van der Waals surface area contributed by atoms with Crippen molar-refractivity contribution in [3.8, 4) is 0 Å². The molecule has 0 spiro atoms. The molecule has 4 bridgehead atoms. The number of hydrogen-bond donors (Lipinski definition) is 0. The highest BCUT2D eigenvalue weighted by Gasteiger charge is 2.58. The van der Waals surface area contributed by atoms with Crippen LogP contribution in [0.1, 0.15) is 52.4 Å². The Morgan fingerprint density at radius 1 is 1.06 bits per heavy atom. The van der Waals surface area contributed by atoms with Gasteiger partial charge in [0.05, 0.1) is 6.26 Å². The van der Waals surface area contributed by atoms with Gasteiger partial charge in [-0.1, -0.05) is 6.58 Å². The molecule has 1 heteroatoms. The first kappa shape index (κ1) is 10.7. The van der Waals surface area contributed by atoms with Gasteiger partial charge in [0.1, 0.15) is 5.60 Å². The Morgan fingerprint density at radius 2 is 1.50 bits per heavy atom. The number of rotatable bonds is 3. The summed E-state index contributed by atoms with van der Waals surface area (Å²) in [6, 6.07) is 0. The van der Waals surface area contributed by atoms with Gasteiger partial charge in [0.25, 0.3) is 0 Å². The van der Waals surface area contributed by atoms with Crippen LogP contribution in [-0.4, -0.2) is 5.60 Å². The average Bonchev–Trinajstić information content (AvgIpc) is 2.14. The monoisotopic (exact) mass is 220 g/mol. The van der Waals surface area contributed by atoms with E-state index < -0.39 is 0 Å². The summed E-state index contributed by atoms with van der Waals surface area (Å²) in [5, 5.41) is 0. The van der Waals surface area contributed by atoms with Crippen molar-refractivity contribution in [1.29, 1.82) is 0 Å². The Labute approximate surface area is 99.3 Å². The first-order valence-electron chi connectivity index (χ1n) is 6.83. The molecular weight excluding hydrogens is 196 g/mol. The van der Waals surface area contributed by atoms with Crippen LogP contribution >= 0.6 is 0 Å². The van der Waals surface area contributed by atoms with E-state index in [-0.39, 0.29) is 5.60 Å². The van der Waals surface area contributed by atoms with Crippen LogP contribution < -0.4 is 0 Å². The summed E-state index contributed by atoms with van der Waals surface area (Å²) >= 11 is 0. The van der Waals surface area contributed by atoms with Gasteiger partial charge in [0.2, 0.25) is 0 Å². The summed E-state index contributed by atoms with van der Waals surface area (Å²) in [6.45, 7) is 8.31. The van der Waals surface area contributed by atoms with Crippen LogP contribution in [0.15, 0.2) is 12.8 Å². The molecule has 1 nitrogen and oxygen atoms in total. The molecule has 0 saturated heterocycles. The van der Waals surface area contributed by atoms with Gasteiger partial charge in [-0.05, 0) is 70.1 Å². The highest BCUT2D eigenvalue weighted by Crippen LogP contribution is 2.64. The predicted octanol–water partition coefficient (Wildman–Crippen LogP) is 4.14. The molecule has 0 atom stereocenters. The molecule has 4 saturated carbocycles. The van der Waals surface area contributed by atoms with Crippen LogP contribution in [0.25, 0.3) is 0 Å². The second-order valence-electron chi connectivity index (χ2n) is 6.99. The van der Waals surface area contributed by atoms with Crippen molar-refractivity contribution in [2.24, 2.45) is 23.2 Å². The van der Waals surface area contributed by atoms with Gasteiger partial charge >= 0.3 is 0 Å². The van der Waals surface area contributed by atoms with Crippen molar-refractivity contribution in [3.05, 3.63) is 12.8 Å². The van der Waals surface area contributed by atoms with Crippen LogP contribution in [0.3, 0.4) is 0 Å². The largest absolute Gasteiger partial charge is 0.496 e. The van der Waals surface area contributed by atoms with E-state index in [1.165, 1.54) is 38.5 Å². The molecule has 0 aromatic carbocycles. The summed E-state index contributed by atoms with van der Waals surface area (Å²) in [6.07, 6.45) is 10.4. The molecule has 4 rings (SSSR count). The topological polar surface area (TPSA) is 9.23 Å². The SMILES string of the molecule is C=COC(C)(C)C12CC3CC(CC(C3)C1)C2. The van der Waals surface area contributed by atoms with E-state index in [9.17, 15) is 0 Å². The van der Waals surface area contributed by atoms with Crippen molar-refractivity contribution in [1.82, 2.24) is 0 Å². The molecule has 16 heavy (non-hydrogen) atoms. The maximum absolute atomic E-state index is 5.88. The summed E-state index contributed by atoms with van der Waals surface area (Å²) in [5.74, 6) is 3.00. The summed E-state index contributed by atoms with van der Waals surface area (Å²) in [5.41, 5.74) is 0.445. The Hall–Kier alpha value is -0.460. The Bertz CT molecular complexity index is 267. The minimum Gasteiger partial charge on any atom is -0.496 e. The fourth-order valence-corrected chi connectivity index (χ4v) is 5.18. The van der Waals surface area contributed by atoms with Crippen LogP contribution in [0, 0.1) is 23.2 Å². The molecule has 0 amide bonds. The maximum atomic E-state index is 5.88. The first-order valence-corrected chi connectivity index (χ1v) is 6.83. The van der Waals surface area contributed by atoms with Crippen molar-refractivity contribution in [2.45, 2.75) is 58.0 Å². The quantitative estimate of drug-likeness (QED) is 0.649. The third-order valence-corrected chi connectivity index (χ3v) is 5.69. The molecule has 0 unspecified atom stereocenters. The second-order valence-corrected chi connectivity index (χ2v) is 6.99. The average molecular weight is 220 g/mol. The van der Waals surface area contributed by atoms with Gasteiger partial charge in [-0.25, -0.2) is 0 Å². The van der Waals surface area contributed by atoms with E-state index in [1.807, 2.05) is 0 Å². The maximum Gasteiger partial charge on any atom is 0.108 e. The summed E-state index contributed by atoms with van der Waals surface area (Å²) in [7, 11) is 0. The minimum atomic E-state index is -0.00917. The van der Waals surface area contributed by atoms with Gasteiger partial charge in [0.15, 0.2) is 0 Å². The van der Waals surface area contributed by atoms with Gasteiger partial charge in [0, 0.05) is 5.41 Å². The van der Waals surface area contributed by atoms with Crippen molar-refractivity contribution < 1.29 is 4.74 Å². The fraction of sp³-hybridized carbons (Fsp3) is 0.867. The third kappa shape index (κ3) is 1.36. The van der Waals surface area contributed by atoms with Crippen LogP contribution in [-0.2, 0) is 4.74 Å². The highest BCUT2D eigenvalue weighted by molar-refractivity contribution is 5.08. The van der Waals surface area contributed by atoms with E-state index in [2.05, 4.69) is 20.4 Å².